The van der Waals surface area contributed by atoms with Crippen LogP contribution in [0.25, 0.3) is 0 Å². The lowest BCUT2D eigenvalue weighted by Gasteiger charge is -2.13. The number of benzene rings is 1. The molecule has 106 valence electrons. The molecule has 0 spiro atoms. The summed E-state index contributed by atoms with van der Waals surface area (Å²) in [5.41, 5.74) is -0.0150. The average molecular weight is 275 g/mol. The van der Waals surface area contributed by atoms with E-state index in [-0.39, 0.29) is 5.97 Å². The van der Waals surface area contributed by atoms with E-state index in [1.807, 2.05) is 0 Å². The molecule has 0 bridgehead atoms. The Balaban J connectivity index is 2.53. The number of carbonyl (C=O) groups is 1. The zero-order chi connectivity index (χ0) is 14.5. The van der Waals surface area contributed by atoms with Gasteiger partial charge in [-0.3, -0.25) is 4.79 Å². The van der Waals surface area contributed by atoms with Crippen LogP contribution in [-0.4, -0.2) is 18.6 Å². The van der Waals surface area contributed by atoms with Crippen molar-refractivity contribution in [1.29, 1.82) is 0 Å². The topological polar surface area (TPSA) is 38.3 Å². The highest BCUT2D eigenvalue weighted by Gasteiger charge is 2.29. The SMILES string of the molecule is CCOC(=O)C(C)NCc1ccc(C(F)(F)F)cc1. The number of nitrogens with one attached hydrogen (secondary N) is 1. The fourth-order valence-electron chi connectivity index (χ4n) is 1.43. The van der Waals surface area contributed by atoms with E-state index in [0.29, 0.717) is 18.7 Å². The van der Waals surface area contributed by atoms with Gasteiger partial charge in [0.05, 0.1) is 12.2 Å². The predicted octanol–water partition coefficient (Wildman–Crippen LogP) is 2.75. The first-order chi connectivity index (χ1) is 8.84. The Kier molecular flexibility index (Phi) is 5.35. The molecule has 0 aliphatic carbocycles. The van der Waals surface area contributed by atoms with E-state index in [9.17, 15) is 18.0 Å². The first kappa shape index (κ1) is 15.5. The average Bonchev–Trinajstić information content (AvgIpc) is 2.35. The summed E-state index contributed by atoms with van der Waals surface area (Å²) in [5, 5.41) is 2.89. The van der Waals surface area contributed by atoms with Gasteiger partial charge in [0.25, 0.3) is 0 Å². The molecular formula is C13H16F3NO2. The lowest BCUT2D eigenvalue weighted by Crippen LogP contribution is -2.34. The number of esters is 1. The molecule has 0 radical (unpaired) electrons. The van der Waals surface area contributed by atoms with Crippen LogP contribution in [0, 0.1) is 0 Å². The highest BCUT2D eigenvalue weighted by atomic mass is 19.4. The van der Waals surface area contributed by atoms with Crippen molar-refractivity contribution in [2.75, 3.05) is 6.61 Å². The van der Waals surface area contributed by atoms with Gasteiger partial charge >= 0.3 is 12.1 Å². The van der Waals surface area contributed by atoms with Gasteiger partial charge in [-0.05, 0) is 31.5 Å². The van der Waals surface area contributed by atoms with Crippen molar-refractivity contribution < 1.29 is 22.7 Å². The summed E-state index contributed by atoms with van der Waals surface area (Å²) in [6.45, 7) is 3.95. The molecule has 1 atom stereocenters. The molecule has 0 saturated heterocycles. The minimum Gasteiger partial charge on any atom is -0.465 e. The zero-order valence-electron chi connectivity index (χ0n) is 10.8. The Morgan fingerprint density at radius 1 is 1.32 bits per heavy atom. The second-order valence-electron chi connectivity index (χ2n) is 4.05. The van der Waals surface area contributed by atoms with E-state index in [0.717, 1.165) is 12.1 Å². The minimum atomic E-state index is -4.33. The maximum absolute atomic E-state index is 12.3. The van der Waals surface area contributed by atoms with Gasteiger partial charge in [0, 0.05) is 6.54 Å². The van der Waals surface area contributed by atoms with Crippen molar-refractivity contribution in [3.63, 3.8) is 0 Å². The van der Waals surface area contributed by atoms with E-state index in [2.05, 4.69) is 5.32 Å². The van der Waals surface area contributed by atoms with Gasteiger partial charge < -0.3 is 10.1 Å². The number of hydrogen-bond acceptors (Lipinski definition) is 3. The van der Waals surface area contributed by atoms with Gasteiger partial charge in [-0.25, -0.2) is 0 Å². The van der Waals surface area contributed by atoms with Gasteiger partial charge in [0.2, 0.25) is 0 Å². The summed E-state index contributed by atoms with van der Waals surface area (Å²) in [6, 6.07) is 4.31. The van der Waals surface area contributed by atoms with Crippen LogP contribution >= 0.6 is 0 Å². The number of ether oxygens (including phenoxy) is 1. The number of carbonyl (C=O) groups excluding carboxylic acids is 1. The van der Waals surface area contributed by atoms with Crippen molar-refractivity contribution in [1.82, 2.24) is 5.32 Å². The first-order valence-corrected chi connectivity index (χ1v) is 5.90. The Hall–Kier alpha value is -1.56. The van der Waals surface area contributed by atoms with Crippen molar-refractivity contribution in [2.24, 2.45) is 0 Å². The van der Waals surface area contributed by atoms with Crippen LogP contribution in [0.3, 0.4) is 0 Å². The van der Waals surface area contributed by atoms with E-state index in [1.54, 1.807) is 13.8 Å². The fraction of sp³-hybridized carbons (Fsp3) is 0.462. The normalized spacial score (nSPS) is 13.1. The molecule has 1 unspecified atom stereocenters. The number of rotatable bonds is 5. The van der Waals surface area contributed by atoms with Gasteiger partial charge in [-0.15, -0.1) is 0 Å². The molecule has 1 aromatic carbocycles. The molecule has 1 rings (SSSR count). The monoisotopic (exact) mass is 275 g/mol. The molecule has 1 N–H and O–H groups in total. The number of halogens is 3. The van der Waals surface area contributed by atoms with Crippen molar-refractivity contribution >= 4 is 5.97 Å². The van der Waals surface area contributed by atoms with Gasteiger partial charge in [-0.1, -0.05) is 12.1 Å². The highest BCUT2D eigenvalue weighted by molar-refractivity contribution is 5.75. The largest absolute Gasteiger partial charge is 0.465 e. The predicted molar refractivity (Wildman–Crippen MR) is 64.4 cm³/mol. The lowest BCUT2D eigenvalue weighted by atomic mass is 10.1. The van der Waals surface area contributed by atoms with Gasteiger partial charge in [0.15, 0.2) is 0 Å². The van der Waals surface area contributed by atoms with Gasteiger partial charge in [-0.2, -0.15) is 13.2 Å². The molecule has 19 heavy (non-hydrogen) atoms. The molecule has 1 aromatic rings. The Bertz CT molecular complexity index is 415. The van der Waals surface area contributed by atoms with Crippen LogP contribution in [0.4, 0.5) is 13.2 Å². The second kappa shape index (κ2) is 6.56. The Morgan fingerprint density at radius 3 is 2.37 bits per heavy atom. The van der Waals surface area contributed by atoms with Crippen LogP contribution in [0.1, 0.15) is 25.0 Å². The van der Waals surface area contributed by atoms with Gasteiger partial charge in [0.1, 0.15) is 6.04 Å². The number of hydrogen-bond donors (Lipinski definition) is 1. The van der Waals surface area contributed by atoms with Crippen LogP contribution in [0.15, 0.2) is 24.3 Å². The van der Waals surface area contributed by atoms with Crippen LogP contribution in [0.2, 0.25) is 0 Å². The second-order valence-corrected chi connectivity index (χ2v) is 4.05. The molecule has 0 aromatic heterocycles. The standard InChI is InChI=1S/C13H16F3NO2/c1-3-19-12(18)9(2)17-8-10-4-6-11(7-5-10)13(14,15)16/h4-7,9,17H,3,8H2,1-2H3. The molecule has 0 heterocycles. The van der Waals surface area contributed by atoms with Crippen molar-refractivity contribution in [3.05, 3.63) is 35.4 Å². The summed E-state index contributed by atoms with van der Waals surface area (Å²) in [7, 11) is 0. The summed E-state index contributed by atoms with van der Waals surface area (Å²) in [4.78, 5) is 11.3. The molecule has 0 aliphatic heterocycles. The number of alkyl halides is 3. The Labute approximate surface area is 109 Å². The third-order valence-electron chi connectivity index (χ3n) is 2.53. The van der Waals surface area contributed by atoms with Crippen LogP contribution < -0.4 is 5.32 Å². The zero-order valence-corrected chi connectivity index (χ0v) is 10.8. The van der Waals surface area contributed by atoms with Crippen LogP contribution in [-0.2, 0) is 22.3 Å². The van der Waals surface area contributed by atoms with Crippen molar-refractivity contribution in [2.45, 2.75) is 32.6 Å². The molecule has 0 saturated carbocycles. The first-order valence-electron chi connectivity index (χ1n) is 5.90. The molecular weight excluding hydrogens is 259 g/mol. The molecule has 0 fully saturated rings. The minimum absolute atomic E-state index is 0.297. The molecule has 0 amide bonds. The van der Waals surface area contributed by atoms with Crippen molar-refractivity contribution in [3.8, 4) is 0 Å². The highest BCUT2D eigenvalue weighted by Crippen LogP contribution is 2.28. The summed E-state index contributed by atoms with van der Waals surface area (Å²) >= 11 is 0. The third-order valence-corrected chi connectivity index (χ3v) is 2.53. The fourth-order valence-corrected chi connectivity index (χ4v) is 1.43. The smallest absolute Gasteiger partial charge is 0.416 e. The quantitative estimate of drug-likeness (QED) is 0.840. The van der Waals surface area contributed by atoms with E-state index >= 15 is 0 Å². The molecule has 0 aliphatic rings. The Morgan fingerprint density at radius 2 is 1.89 bits per heavy atom. The molecule has 6 heteroatoms. The summed E-state index contributed by atoms with van der Waals surface area (Å²) < 4.78 is 41.8. The third kappa shape index (κ3) is 4.90. The van der Waals surface area contributed by atoms with Crippen LogP contribution in [0.5, 0.6) is 0 Å². The van der Waals surface area contributed by atoms with E-state index in [1.165, 1.54) is 12.1 Å². The van der Waals surface area contributed by atoms with E-state index in [4.69, 9.17) is 4.74 Å². The summed E-state index contributed by atoms with van der Waals surface area (Å²) in [6.07, 6.45) is -4.33. The summed E-state index contributed by atoms with van der Waals surface area (Å²) in [5.74, 6) is -0.380. The van der Waals surface area contributed by atoms with E-state index < -0.39 is 17.8 Å². The molecule has 3 nitrogen and oxygen atoms in total. The maximum atomic E-state index is 12.3. The maximum Gasteiger partial charge on any atom is 0.416 e. The lowest BCUT2D eigenvalue weighted by molar-refractivity contribution is -0.145.